The standard InChI is InChI=1S/C13H10ClNO3/c14-10-6-7-12(15(17)18)11(8-10)13(16)9-4-2-1-3-5-9/h1-8,13,16H. The van der Waals surface area contributed by atoms with Crippen LogP contribution in [0.1, 0.15) is 17.2 Å². The number of aliphatic hydroxyl groups is 1. The highest BCUT2D eigenvalue weighted by atomic mass is 35.5. The van der Waals surface area contributed by atoms with Gasteiger partial charge in [0.05, 0.1) is 10.5 Å². The molecule has 1 atom stereocenters. The lowest BCUT2D eigenvalue weighted by molar-refractivity contribution is -0.386. The summed E-state index contributed by atoms with van der Waals surface area (Å²) in [4.78, 5) is 10.4. The fourth-order valence-corrected chi connectivity index (χ4v) is 1.91. The van der Waals surface area contributed by atoms with Crippen LogP contribution in [0.15, 0.2) is 48.5 Å². The Hall–Kier alpha value is -1.91. The van der Waals surface area contributed by atoms with Gasteiger partial charge >= 0.3 is 0 Å². The van der Waals surface area contributed by atoms with E-state index in [1.807, 2.05) is 6.07 Å². The van der Waals surface area contributed by atoms with Crippen LogP contribution in [0.2, 0.25) is 5.02 Å². The van der Waals surface area contributed by atoms with Crippen LogP contribution in [0.25, 0.3) is 0 Å². The Balaban J connectivity index is 2.50. The molecule has 0 aliphatic carbocycles. The van der Waals surface area contributed by atoms with E-state index in [1.165, 1.54) is 18.2 Å². The second-order valence-electron chi connectivity index (χ2n) is 3.77. The van der Waals surface area contributed by atoms with Crippen molar-refractivity contribution < 1.29 is 10.0 Å². The van der Waals surface area contributed by atoms with Crippen molar-refractivity contribution in [2.45, 2.75) is 6.10 Å². The SMILES string of the molecule is O=[N+]([O-])c1ccc(Cl)cc1C(O)c1ccccc1. The van der Waals surface area contributed by atoms with E-state index in [4.69, 9.17) is 11.6 Å². The summed E-state index contributed by atoms with van der Waals surface area (Å²) >= 11 is 5.82. The summed E-state index contributed by atoms with van der Waals surface area (Å²) in [5.41, 5.74) is 0.636. The summed E-state index contributed by atoms with van der Waals surface area (Å²) in [7, 11) is 0. The largest absolute Gasteiger partial charge is 0.383 e. The Morgan fingerprint density at radius 3 is 2.44 bits per heavy atom. The van der Waals surface area contributed by atoms with E-state index < -0.39 is 11.0 Å². The van der Waals surface area contributed by atoms with E-state index in [0.717, 1.165) is 0 Å². The minimum absolute atomic E-state index is 0.143. The Labute approximate surface area is 109 Å². The van der Waals surface area contributed by atoms with E-state index in [-0.39, 0.29) is 11.3 Å². The third kappa shape index (κ3) is 2.50. The molecule has 0 amide bonds. The van der Waals surface area contributed by atoms with Crippen LogP contribution in [-0.2, 0) is 0 Å². The van der Waals surface area contributed by atoms with E-state index in [2.05, 4.69) is 0 Å². The van der Waals surface area contributed by atoms with Crippen molar-refractivity contribution in [3.05, 3.63) is 74.8 Å². The molecule has 0 fully saturated rings. The number of nitro benzene ring substituents is 1. The smallest absolute Gasteiger partial charge is 0.275 e. The van der Waals surface area contributed by atoms with Gasteiger partial charge in [-0.25, -0.2) is 0 Å². The molecule has 5 heteroatoms. The number of aliphatic hydroxyl groups excluding tert-OH is 1. The number of nitro groups is 1. The van der Waals surface area contributed by atoms with Gasteiger partial charge in [0.2, 0.25) is 0 Å². The van der Waals surface area contributed by atoms with Gasteiger partial charge in [-0.15, -0.1) is 0 Å². The van der Waals surface area contributed by atoms with Gasteiger partial charge in [0.15, 0.2) is 0 Å². The van der Waals surface area contributed by atoms with Gasteiger partial charge in [-0.2, -0.15) is 0 Å². The molecule has 0 saturated carbocycles. The molecule has 0 aliphatic heterocycles. The van der Waals surface area contributed by atoms with Gasteiger partial charge in [-0.1, -0.05) is 41.9 Å². The minimum Gasteiger partial charge on any atom is -0.383 e. The third-order valence-corrected chi connectivity index (χ3v) is 2.83. The molecule has 0 aromatic heterocycles. The average Bonchev–Trinajstić information content (AvgIpc) is 2.38. The zero-order chi connectivity index (χ0) is 13.1. The first-order chi connectivity index (χ1) is 8.59. The fraction of sp³-hybridized carbons (Fsp3) is 0.0769. The summed E-state index contributed by atoms with van der Waals surface area (Å²) < 4.78 is 0. The van der Waals surface area contributed by atoms with Crippen molar-refractivity contribution in [3.8, 4) is 0 Å². The molecule has 0 bridgehead atoms. The Kier molecular flexibility index (Phi) is 3.60. The van der Waals surface area contributed by atoms with Crippen LogP contribution in [0, 0.1) is 10.1 Å². The Morgan fingerprint density at radius 1 is 1.17 bits per heavy atom. The first-order valence-electron chi connectivity index (χ1n) is 5.26. The van der Waals surface area contributed by atoms with Crippen LogP contribution in [-0.4, -0.2) is 10.0 Å². The molecular formula is C13H10ClNO3. The van der Waals surface area contributed by atoms with Gasteiger partial charge in [0, 0.05) is 11.1 Å². The molecule has 0 heterocycles. The monoisotopic (exact) mass is 263 g/mol. The molecule has 0 aliphatic rings. The summed E-state index contributed by atoms with van der Waals surface area (Å²) in [5, 5.41) is 21.5. The summed E-state index contributed by atoms with van der Waals surface area (Å²) in [6.07, 6.45) is -1.06. The topological polar surface area (TPSA) is 63.4 Å². The van der Waals surface area contributed by atoms with Crippen LogP contribution >= 0.6 is 11.6 Å². The highest BCUT2D eigenvalue weighted by Crippen LogP contribution is 2.31. The van der Waals surface area contributed by atoms with E-state index in [9.17, 15) is 15.2 Å². The molecule has 0 spiro atoms. The minimum atomic E-state index is -1.06. The highest BCUT2D eigenvalue weighted by Gasteiger charge is 2.21. The first-order valence-corrected chi connectivity index (χ1v) is 5.64. The lowest BCUT2D eigenvalue weighted by Gasteiger charge is -2.11. The number of benzene rings is 2. The molecule has 18 heavy (non-hydrogen) atoms. The molecular weight excluding hydrogens is 254 g/mol. The van der Waals surface area contributed by atoms with Crippen molar-refractivity contribution in [2.24, 2.45) is 0 Å². The third-order valence-electron chi connectivity index (χ3n) is 2.60. The zero-order valence-electron chi connectivity index (χ0n) is 9.29. The second kappa shape index (κ2) is 5.16. The van der Waals surface area contributed by atoms with E-state index >= 15 is 0 Å². The predicted octanol–water partition coefficient (Wildman–Crippen LogP) is 3.33. The fourth-order valence-electron chi connectivity index (χ4n) is 1.73. The molecule has 4 nitrogen and oxygen atoms in total. The molecule has 1 N–H and O–H groups in total. The normalized spacial score (nSPS) is 12.1. The van der Waals surface area contributed by atoms with Gasteiger partial charge in [0.1, 0.15) is 6.10 Å². The average molecular weight is 264 g/mol. The summed E-state index contributed by atoms with van der Waals surface area (Å²) in [5.74, 6) is 0. The van der Waals surface area contributed by atoms with E-state index in [0.29, 0.717) is 10.6 Å². The van der Waals surface area contributed by atoms with Crippen molar-refractivity contribution in [2.75, 3.05) is 0 Å². The van der Waals surface area contributed by atoms with Crippen LogP contribution in [0.5, 0.6) is 0 Å². The van der Waals surface area contributed by atoms with Crippen LogP contribution in [0.4, 0.5) is 5.69 Å². The summed E-state index contributed by atoms with van der Waals surface area (Å²) in [6, 6.07) is 12.9. The molecule has 2 aromatic carbocycles. The Bertz CT molecular complexity index is 572. The predicted molar refractivity (Wildman–Crippen MR) is 68.6 cm³/mol. The molecule has 2 rings (SSSR count). The van der Waals surface area contributed by atoms with Gasteiger partial charge in [-0.3, -0.25) is 10.1 Å². The summed E-state index contributed by atoms with van der Waals surface area (Å²) in [6.45, 7) is 0. The van der Waals surface area contributed by atoms with Crippen molar-refractivity contribution in [1.29, 1.82) is 0 Å². The highest BCUT2D eigenvalue weighted by molar-refractivity contribution is 6.30. The molecule has 0 saturated heterocycles. The number of halogens is 1. The molecule has 1 unspecified atom stereocenters. The first kappa shape index (κ1) is 12.5. The lowest BCUT2D eigenvalue weighted by atomic mass is 10.00. The van der Waals surface area contributed by atoms with Gasteiger partial charge < -0.3 is 5.11 Å². The molecule has 2 aromatic rings. The van der Waals surface area contributed by atoms with E-state index in [1.54, 1.807) is 24.3 Å². The number of nitrogens with zero attached hydrogens (tertiary/aromatic N) is 1. The maximum atomic E-state index is 10.9. The quantitative estimate of drug-likeness (QED) is 0.682. The van der Waals surface area contributed by atoms with Gasteiger partial charge in [-0.05, 0) is 17.7 Å². The van der Waals surface area contributed by atoms with Crippen LogP contribution < -0.4 is 0 Å². The zero-order valence-corrected chi connectivity index (χ0v) is 10.0. The molecule has 92 valence electrons. The van der Waals surface area contributed by atoms with Crippen molar-refractivity contribution in [3.63, 3.8) is 0 Å². The number of hydrogen-bond acceptors (Lipinski definition) is 3. The van der Waals surface area contributed by atoms with Crippen molar-refractivity contribution in [1.82, 2.24) is 0 Å². The van der Waals surface area contributed by atoms with Gasteiger partial charge in [0.25, 0.3) is 5.69 Å². The number of hydrogen-bond donors (Lipinski definition) is 1. The Morgan fingerprint density at radius 2 is 1.83 bits per heavy atom. The lowest BCUT2D eigenvalue weighted by Crippen LogP contribution is -2.03. The van der Waals surface area contributed by atoms with Crippen molar-refractivity contribution >= 4 is 17.3 Å². The number of rotatable bonds is 3. The maximum Gasteiger partial charge on any atom is 0.275 e. The molecule has 0 radical (unpaired) electrons. The van der Waals surface area contributed by atoms with Crippen LogP contribution in [0.3, 0.4) is 0 Å². The second-order valence-corrected chi connectivity index (χ2v) is 4.21. The maximum absolute atomic E-state index is 10.9.